The Bertz CT molecular complexity index is 530. The molecule has 4 N–H and O–H groups in total. The fourth-order valence-corrected chi connectivity index (χ4v) is 1.49. The average molecular weight is 189 g/mol. The lowest BCUT2D eigenvalue weighted by Gasteiger charge is -2.02. The summed E-state index contributed by atoms with van der Waals surface area (Å²) in [5.74, 6) is 5.28. The molecular weight excluding hydrogens is 178 g/mol. The molecule has 0 unspecified atom stereocenters. The van der Waals surface area contributed by atoms with Crippen molar-refractivity contribution >= 4 is 16.5 Å². The summed E-state index contributed by atoms with van der Waals surface area (Å²) in [4.78, 5) is 14.2. The van der Waals surface area contributed by atoms with Gasteiger partial charge in [-0.05, 0) is 36.6 Å². The normalized spacial score (nSPS) is 10.4. The molecule has 0 aliphatic carbocycles. The van der Waals surface area contributed by atoms with Crippen LogP contribution in [0.3, 0.4) is 0 Å². The summed E-state index contributed by atoms with van der Waals surface area (Å²) < 4.78 is 0. The van der Waals surface area contributed by atoms with Gasteiger partial charge in [-0.2, -0.15) is 0 Å². The van der Waals surface area contributed by atoms with Gasteiger partial charge in [0.2, 0.25) is 0 Å². The lowest BCUT2D eigenvalue weighted by atomic mass is 10.1. The van der Waals surface area contributed by atoms with Gasteiger partial charge in [-0.15, -0.1) is 0 Å². The Morgan fingerprint density at radius 1 is 1.36 bits per heavy atom. The minimum absolute atomic E-state index is 0.0661. The van der Waals surface area contributed by atoms with Crippen molar-refractivity contribution in [3.63, 3.8) is 0 Å². The van der Waals surface area contributed by atoms with Crippen LogP contribution in [0, 0.1) is 6.92 Å². The Hall–Kier alpha value is -1.81. The molecule has 0 saturated heterocycles. The topological polar surface area (TPSA) is 70.9 Å². The average Bonchev–Trinajstić information content (AvgIpc) is 2.16. The van der Waals surface area contributed by atoms with Crippen molar-refractivity contribution in [1.82, 2.24) is 4.98 Å². The van der Waals surface area contributed by atoms with Gasteiger partial charge in [0.15, 0.2) is 0 Å². The number of nitrogen functional groups attached to an aromatic ring is 1. The fraction of sp³-hybridized carbons (Fsp3) is 0.100. The molecule has 0 amide bonds. The van der Waals surface area contributed by atoms with Crippen LogP contribution < -0.4 is 16.8 Å². The summed E-state index contributed by atoms with van der Waals surface area (Å²) in [6.07, 6.45) is 0. The van der Waals surface area contributed by atoms with E-state index in [1.54, 1.807) is 12.1 Å². The maximum Gasteiger partial charge on any atom is 0.256 e. The molecular formula is C10H11N3O. The number of hydrazine groups is 1. The van der Waals surface area contributed by atoms with Crippen LogP contribution in [0.25, 0.3) is 10.8 Å². The van der Waals surface area contributed by atoms with Crippen LogP contribution in [0.4, 0.5) is 5.69 Å². The number of hydrogen-bond acceptors (Lipinski definition) is 3. The van der Waals surface area contributed by atoms with E-state index in [1.807, 2.05) is 19.1 Å². The molecule has 0 aliphatic heterocycles. The standard InChI is InChI=1S/C10H11N3O/c1-6-4-7-5-8(13-11)2-3-9(7)10(14)12-6/h2-5,13H,11H2,1H3,(H,12,14). The number of pyridine rings is 1. The van der Waals surface area contributed by atoms with Crippen LogP contribution in [0.2, 0.25) is 0 Å². The molecule has 72 valence electrons. The number of aryl methyl sites for hydroxylation is 1. The number of fused-ring (bicyclic) bond motifs is 1. The van der Waals surface area contributed by atoms with Crippen LogP contribution >= 0.6 is 0 Å². The molecule has 1 aromatic carbocycles. The van der Waals surface area contributed by atoms with E-state index < -0.39 is 0 Å². The largest absolute Gasteiger partial charge is 0.326 e. The van der Waals surface area contributed by atoms with E-state index in [4.69, 9.17) is 5.84 Å². The van der Waals surface area contributed by atoms with Gasteiger partial charge in [-0.3, -0.25) is 10.6 Å². The van der Waals surface area contributed by atoms with E-state index in [0.717, 1.165) is 16.8 Å². The highest BCUT2D eigenvalue weighted by Gasteiger charge is 1.99. The summed E-state index contributed by atoms with van der Waals surface area (Å²) in [6, 6.07) is 7.28. The first kappa shape index (κ1) is 8.77. The van der Waals surface area contributed by atoms with Crippen molar-refractivity contribution in [3.05, 3.63) is 40.3 Å². The summed E-state index contributed by atoms with van der Waals surface area (Å²) in [5.41, 5.74) is 4.12. The predicted octanol–water partition coefficient (Wildman–Crippen LogP) is 1.12. The van der Waals surface area contributed by atoms with Gasteiger partial charge < -0.3 is 10.4 Å². The SMILES string of the molecule is Cc1cc2cc(NN)ccc2c(=O)[nH]1. The van der Waals surface area contributed by atoms with Gasteiger partial charge in [0, 0.05) is 16.8 Å². The highest BCUT2D eigenvalue weighted by atomic mass is 16.1. The highest BCUT2D eigenvalue weighted by molar-refractivity contribution is 5.85. The van der Waals surface area contributed by atoms with Gasteiger partial charge in [0.25, 0.3) is 5.56 Å². The van der Waals surface area contributed by atoms with Crippen LogP contribution in [0.5, 0.6) is 0 Å². The van der Waals surface area contributed by atoms with Gasteiger partial charge >= 0.3 is 0 Å². The third kappa shape index (κ3) is 1.36. The van der Waals surface area contributed by atoms with Gasteiger partial charge in [-0.1, -0.05) is 0 Å². The first-order valence-electron chi connectivity index (χ1n) is 4.31. The molecule has 0 aliphatic rings. The fourth-order valence-electron chi connectivity index (χ4n) is 1.49. The molecule has 0 bridgehead atoms. The number of aromatic amines is 1. The maximum absolute atomic E-state index is 11.5. The zero-order valence-electron chi connectivity index (χ0n) is 7.79. The third-order valence-electron chi connectivity index (χ3n) is 2.15. The summed E-state index contributed by atoms with van der Waals surface area (Å²) in [7, 11) is 0. The van der Waals surface area contributed by atoms with Crippen LogP contribution in [0.1, 0.15) is 5.69 Å². The number of anilines is 1. The van der Waals surface area contributed by atoms with Gasteiger partial charge in [-0.25, -0.2) is 0 Å². The molecule has 0 fully saturated rings. The van der Waals surface area contributed by atoms with Crippen molar-refractivity contribution in [1.29, 1.82) is 0 Å². The van der Waals surface area contributed by atoms with E-state index in [9.17, 15) is 4.79 Å². The second kappa shape index (κ2) is 3.16. The molecule has 2 aromatic rings. The Balaban J connectivity index is 2.82. The third-order valence-corrected chi connectivity index (χ3v) is 2.15. The number of rotatable bonds is 1. The Morgan fingerprint density at radius 2 is 2.14 bits per heavy atom. The summed E-state index contributed by atoms with van der Waals surface area (Å²) >= 11 is 0. The van der Waals surface area contributed by atoms with E-state index >= 15 is 0 Å². The minimum Gasteiger partial charge on any atom is -0.326 e. The Kier molecular flexibility index (Phi) is 1.98. The summed E-state index contributed by atoms with van der Waals surface area (Å²) in [5, 5.41) is 1.57. The van der Waals surface area contributed by atoms with Gasteiger partial charge in [0.1, 0.15) is 0 Å². The van der Waals surface area contributed by atoms with Crippen molar-refractivity contribution in [2.45, 2.75) is 6.92 Å². The second-order valence-corrected chi connectivity index (χ2v) is 3.23. The number of aromatic nitrogens is 1. The molecule has 1 aromatic heterocycles. The molecule has 0 atom stereocenters. The molecule has 4 heteroatoms. The minimum atomic E-state index is -0.0661. The second-order valence-electron chi connectivity index (χ2n) is 3.23. The number of hydrogen-bond donors (Lipinski definition) is 3. The Labute approximate surface area is 80.7 Å². The van der Waals surface area contributed by atoms with Crippen LogP contribution in [-0.4, -0.2) is 4.98 Å². The molecule has 0 spiro atoms. The predicted molar refractivity (Wildman–Crippen MR) is 57.1 cm³/mol. The first-order chi connectivity index (χ1) is 6.70. The van der Waals surface area contributed by atoms with E-state index in [1.165, 1.54) is 0 Å². The highest BCUT2D eigenvalue weighted by Crippen LogP contribution is 2.15. The van der Waals surface area contributed by atoms with Gasteiger partial charge in [0.05, 0.1) is 0 Å². The Morgan fingerprint density at radius 3 is 2.86 bits per heavy atom. The monoisotopic (exact) mass is 189 g/mol. The number of nitrogens with two attached hydrogens (primary N) is 1. The molecule has 4 nitrogen and oxygen atoms in total. The number of H-pyrrole nitrogens is 1. The summed E-state index contributed by atoms with van der Waals surface area (Å²) in [6.45, 7) is 1.85. The van der Waals surface area contributed by atoms with Crippen molar-refractivity contribution in [2.75, 3.05) is 5.43 Å². The lowest BCUT2D eigenvalue weighted by molar-refractivity contribution is 1.17. The zero-order chi connectivity index (χ0) is 10.1. The lowest BCUT2D eigenvalue weighted by Crippen LogP contribution is -2.09. The van der Waals surface area contributed by atoms with E-state index in [-0.39, 0.29) is 5.56 Å². The molecule has 1 heterocycles. The van der Waals surface area contributed by atoms with E-state index in [0.29, 0.717) is 5.39 Å². The molecule has 0 saturated carbocycles. The molecule has 0 radical (unpaired) electrons. The zero-order valence-corrected chi connectivity index (χ0v) is 7.79. The maximum atomic E-state index is 11.5. The van der Waals surface area contributed by atoms with Crippen molar-refractivity contribution in [3.8, 4) is 0 Å². The molecule has 2 rings (SSSR count). The van der Waals surface area contributed by atoms with Crippen molar-refractivity contribution in [2.24, 2.45) is 5.84 Å². The number of nitrogens with one attached hydrogen (secondary N) is 2. The van der Waals surface area contributed by atoms with Crippen molar-refractivity contribution < 1.29 is 0 Å². The van der Waals surface area contributed by atoms with E-state index in [2.05, 4.69) is 10.4 Å². The molecule has 14 heavy (non-hydrogen) atoms. The number of benzene rings is 1. The van der Waals surface area contributed by atoms with Crippen LogP contribution in [0.15, 0.2) is 29.1 Å². The quantitative estimate of drug-likeness (QED) is 0.465. The van der Waals surface area contributed by atoms with Crippen LogP contribution in [-0.2, 0) is 0 Å². The first-order valence-corrected chi connectivity index (χ1v) is 4.31. The smallest absolute Gasteiger partial charge is 0.256 e.